The van der Waals surface area contributed by atoms with Crippen molar-refractivity contribution in [2.24, 2.45) is 11.8 Å². The molecule has 3 rings (SSSR count). The number of H-pyrrole nitrogens is 1. The Labute approximate surface area is 202 Å². The molecule has 1 aromatic carbocycles. The molecule has 0 radical (unpaired) electrons. The highest BCUT2D eigenvalue weighted by atomic mass is 16.6. The molecule has 0 aliphatic rings. The van der Waals surface area contributed by atoms with E-state index in [9.17, 15) is 9.59 Å². The first-order chi connectivity index (χ1) is 16.9. The number of nitrogens with two attached hydrogens (primary N) is 2. The molecule has 2 heterocycles. The van der Waals surface area contributed by atoms with E-state index in [0.717, 1.165) is 17.5 Å². The zero-order chi connectivity index (χ0) is 25.2. The van der Waals surface area contributed by atoms with E-state index < -0.39 is 0 Å². The number of hydrogen-bond donors (Lipinski definition) is 4. The quantitative estimate of drug-likeness (QED) is 0.192. The second-order valence-corrected chi connectivity index (χ2v) is 8.46. The first kappa shape index (κ1) is 26.1. The molecule has 0 atom stereocenters. The summed E-state index contributed by atoms with van der Waals surface area (Å²) < 4.78 is 12.4. The van der Waals surface area contributed by atoms with Gasteiger partial charge in [0.15, 0.2) is 11.5 Å². The van der Waals surface area contributed by atoms with Crippen molar-refractivity contribution in [1.29, 1.82) is 0 Å². The van der Waals surface area contributed by atoms with Crippen molar-refractivity contribution in [1.82, 2.24) is 24.8 Å². The Morgan fingerprint density at radius 3 is 2.57 bits per heavy atom. The van der Waals surface area contributed by atoms with Crippen LogP contribution in [0, 0.1) is 5.92 Å². The number of benzene rings is 1. The number of aromatic nitrogens is 4. The van der Waals surface area contributed by atoms with E-state index in [0.29, 0.717) is 43.4 Å². The van der Waals surface area contributed by atoms with E-state index in [1.807, 2.05) is 24.3 Å². The van der Waals surface area contributed by atoms with Gasteiger partial charge in [0.25, 0.3) is 0 Å². The predicted molar refractivity (Wildman–Crippen MR) is 130 cm³/mol. The molecule has 0 spiro atoms. The zero-order valence-electron chi connectivity index (χ0n) is 20.1. The number of imidazole rings is 1. The number of nitrogens with zero attached hydrogens (tertiary/aromatic N) is 3. The summed E-state index contributed by atoms with van der Waals surface area (Å²) in [6.45, 7) is 6.26. The highest BCUT2D eigenvalue weighted by Gasteiger charge is 2.15. The molecule has 35 heavy (non-hydrogen) atoms. The fourth-order valence-electron chi connectivity index (χ4n) is 3.24. The molecule has 3 aromatic rings. The second-order valence-electron chi connectivity index (χ2n) is 8.46. The smallest absolute Gasteiger partial charge is 0.328 e. The molecular formula is C23H33N7O5. The van der Waals surface area contributed by atoms with E-state index in [4.69, 9.17) is 21.1 Å². The lowest BCUT2D eigenvalue weighted by molar-refractivity contribution is -0.122. The molecule has 0 aliphatic heterocycles. The molecule has 6 N–H and O–H groups in total. The van der Waals surface area contributed by atoms with Gasteiger partial charge in [0.2, 0.25) is 5.91 Å². The van der Waals surface area contributed by atoms with E-state index in [2.05, 4.69) is 39.0 Å². The van der Waals surface area contributed by atoms with E-state index in [-0.39, 0.29) is 43.0 Å². The van der Waals surface area contributed by atoms with Crippen molar-refractivity contribution in [3.8, 4) is 6.01 Å². The fraction of sp³-hybridized carbons (Fsp3) is 0.478. The first-order valence-electron chi connectivity index (χ1n) is 11.5. The Morgan fingerprint density at radius 2 is 1.86 bits per heavy atom. The van der Waals surface area contributed by atoms with Crippen LogP contribution in [-0.2, 0) is 27.5 Å². The molecular weight excluding hydrogens is 454 g/mol. The topological polar surface area (TPSA) is 172 Å². The van der Waals surface area contributed by atoms with E-state index in [1.165, 1.54) is 4.57 Å². The number of rotatable bonds is 14. The summed E-state index contributed by atoms with van der Waals surface area (Å²) in [4.78, 5) is 40.2. The summed E-state index contributed by atoms with van der Waals surface area (Å²) in [5.41, 5.74) is 8.27. The standard InChI is InChI=1S/C23H33N7O5/c1-15(2)7-10-34-22-28-20(24)19-21(29-22)30(23(32)27-19)14-17-5-3-16(4-6-17)13-26-18(31)8-9-33-11-12-35-25/h3-6,15H,7-14,25H2,1-2H3,(H,26,31)(H,27,32)(H2,24,28,29). The predicted octanol–water partition coefficient (Wildman–Crippen LogP) is 1.09. The molecule has 2 aromatic heterocycles. The minimum absolute atomic E-state index is 0.114. The van der Waals surface area contributed by atoms with Crippen LogP contribution in [0.4, 0.5) is 5.82 Å². The van der Waals surface area contributed by atoms with Crippen LogP contribution >= 0.6 is 0 Å². The number of nitrogen functional groups attached to an aromatic ring is 1. The van der Waals surface area contributed by atoms with Gasteiger partial charge >= 0.3 is 11.7 Å². The van der Waals surface area contributed by atoms with Crippen molar-refractivity contribution in [3.05, 3.63) is 45.9 Å². The number of anilines is 1. The lowest BCUT2D eigenvalue weighted by Gasteiger charge is -2.09. The van der Waals surface area contributed by atoms with Gasteiger partial charge < -0.3 is 30.3 Å². The number of carbonyl (C=O) groups excluding carboxylic acids is 1. The Balaban J connectivity index is 1.60. The maximum Gasteiger partial charge on any atom is 0.328 e. The lowest BCUT2D eigenvalue weighted by Crippen LogP contribution is -2.24. The van der Waals surface area contributed by atoms with Gasteiger partial charge in [0.1, 0.15) is 5.52 Å². The van der Waals surface area contributed by atoms with Gasteiger partial charge in [-0.15, -0.1) is 0 Å². The lowest BCUT2D eigenvalue weighted by atomic mass is 10.1. The third kappa shape index (κ3) is 7.77. The summed E-state index contributed by atoms with van der Waals surface area (Å²) >= 11 is 0. The van der Waals surface area contributed by atoms with Gasteiger partial charge in [-0.3, -0.25) is 9.36 Å². The fourth-order valence-corrected chi connectivity index (χ4v) is 3.24. The number of fused-ring (bicyclic) bond motifs is 1. The maximum absolute atomic E-state index is 12.6. The summed E-state index contributed by atoms with van der Waals surface area (Å²) in [7, 11) is 0. The van der Waals surface area contributed by atoms with Crippen LogP contribution in [0.5, 0.6) is 6.01 Å². The molecule has 0 aliphatic carbocycles. The Kier molecular flexibility index (Phi) is 9.58. The van der Waals surface area contributed by atoms with Gasteiger partial charge in [0.05, 0.1) is 33.0 Å². The van der Waals surface area contributed by atoms with Gasteiger partial charge in [-0.25, -0.2) is 10.7 Å². The molecule has 190 valence electrons. The van der Waals surface area contributed by atoms with Crippen LogP contribution in [0.25, 0.3) is 11.2 Å². The highest BCUT2D eigenvalue weighted by Crippen LogP contribution is 2.19. The summed E-state index contributed by atoms with van der Waals surface area (Å²) in [5.74, 6) is 5.43. The van der Waals surface area contributed by atoms with Crippen LogP contribution in [0.2, 0.25) is 0 Å². The average Bonchev–Trinajstić information content (AvgIpc) is 3.14. The van der Waals surface area contributed by atoms with Crippen molar-refractivity contribution < 1.29 is 19.1 Å². The number of carbonyl (C=O) groups is 1. The summed E-state index contributed by atoms with van der Waals surface area (Å²) in [6, 6.07) is 7.73. The molecule has 0 bridgehead atoms. The Hall–Kier alpha value is -3.48. The largest absolute Gasteiger partial charge is 0.463 e. The van der Waals surface area contributed by atoms with Crippen LogP contribution in [0.1, 0.15) is 37.8 Å². The van der Waals surface area contributed by atoms with Crippen LogP contribution in [0.3, 0.4) is 0 Å². The Morgan fingerprint density at radius 1 is 1.11 bits per heavy atom. The molecule has 1 amide bonds. The minimum atomic E-state index is -0.336. The van der Waals surface area contributed by atoms with Gasteiger partial charge in [-0.2, -0.15) is 9.97 Å². The van der Waals surface area contributed by atoms with Crippen LogP contribution in [0.15, 0.2) is 29.1 Å². The van der Waals surface area contributed by atoms with E-state index >= 15 is 0 Å². The number of amides is 1. The zero-order valence-corrected chi connectivity index (χ0v) is 20.1. The summed E-state index contributed by atoms with van der Waals surface area (Å²) in [6.07, 6.45) is 1.10. The van der Waals surface area contributed by atoms with Crippen LogP contribution in [-0.4, -0.2) is 51.9 Å². The maximum atomic E-state index is 12.6. The number of nitrogens with one attached hydrogen (secondary N) is 2. The van der Waals surface area contributed by atoms with Crippen molar-refractivity contribution in [2.75, 3.05) is 32.2 Å². The summed E-state index contributed by atoms with van der Waals surface area (Å²) in [5, 5.41) is 2.84. The van der Waals surface area contributed by atoms with E-state index in [1.54, 1.807) is 0 Å². The molecule has 0 saturated carbocycles. The van der Waals surface area contributed by atoms with Gasteiger partial charge in [-0.1, -0.05) is 38.1 Å². The van der Waals surface area contributed by atoms with Crippen molar-refractivity contribution >= 4 is 22.9 Å². The highest BCUT2D eigenvalue weighted by molar-refractivity contribution is 5.82. The van der Waals surface area contributed by atoms with Crippen LogP contribution < -0.4 is 27.4 Å². The molecule has 0 saturated heterocycles. The molecule has 0 fully saturated rings. The third-order valence-electron chi connectivity index (χ3n) is 5.23. The molecule has 12 nitrogen and oxygen atoms in total. The number of ether oxygens (including phenoxy) is 2. The molecule has 12 heteroatoms. The SMILES string of the molecule is CC(C)CCOc1nc(N)c2[nH]c(=O)n(Cc3ccc(CNC(=O)CCOCCON)cc3)c2n1. The Bertz CT molecular complexity index is 1160. The van der Waals surface area contributed by atoms with Gasteiger partial charge in [0, 0.05) is 13.0 Å². The second kappa shape index (κ2) is 12.8. The minimum Gasteiger partial charge on any atom is -0.463 e. The number of aromatic amines is 1. The van der Waals surface area contributed by atoms with Crippen molar-refractivity contribution in [2.45, 2.75) is 39.8 Å². The van der Waals surface area contributed by atoms with Crippen molar-refractivity contribution in [3.63, 3.8) is 0 Å². The molecule has 0 unspecified atom stereocenters. The third-order valence-corrected chi connectivity index (χ3v) is 5.23. The average molecular weight is 488 g/mol. The monoisotopic (exact) mass is 487 g/mol. The number of hydrogen-bond acceptors (Lipinski definition) is 9. The normalized spacial score (nSPS) is 11.3. The van der Waals surface area contributed by atoms with Gasteiger partial charge in [-0.05, 0) is 23.5 Å². The first-order valence-corrected chi connectivity index (χ1v) is 11.5.